The molecular formula is C22H28N2O3. The minimum absolute atomic E-state index is 0.0785. The summed E-state index contributed by atoms with van der Waals surface area (Å²) in [7, 11) is 3.19. The van der Waals surface area contributed by atoms with Gasteiger partial charge in [0.15, 0.2) is 0 Å². The molecule has 1 atom stereocenters. The fourth-order valence-electron chi connectivity index (χ4n) is 2.91. The van der Waals surface area contributed by atoms with E-state index in [-0.39, 0.29) is 18.2 Å². The molecule has 0 radical (unpaired) electrons. The molecule has 5 heteroatoms. The zero-order valence-electron chi connectivity index (χ0n) is 16.7. The lowest BCUT2D eigenvalue weighted by atomic mass is 10.0. The normalized spacial score (nSPS) is 11.6. The van der Waals surface area contributed by atoms with Gasteiger partial charge in [-0.05, 0) is 55.2 Å². The van der Waals surface area contributed by atoms with Gasteiger partial charge in [0.2, 0.25) is 11.8 Å². The van der Waals surface area contributed by atoms with Gasteiger partial charge < -0.3 is 15.0 Å². The molecule has 2 aromatic rings. The molecule has 0 saturated heterocycles. The molecule has 0 aliphatic heterocycles. The summed E-state index contributed by atoms with van der Waals surface area (Å²) in [6.07, 6.45) is 0.263. The summed E-state index contributed by atoms with van der Waals surface area (Å²) in [4.78, 5) is 26.8. The topological polar surface area (TPSA) is 58.6 Å². The van der Waals surface area contributed by atoms with Crippen LogP contribution in [-0.2, 0) is 22.6 Å². The lowest BCUT2D eigenvalue weighted by Crippen LogP contribution is -2.47. The standard InChI is InChI=1S/C22H28N2O3/c1-15-6-7-19(12-16(15)2)13-21(25)24(17(3)22(26)23-4)14-18-8-10-20(27-5)11-9-18/h6-12,17H,13-14H2,1-5H3,(H,23,26)/t17-/m0/s1. The first-order valence-electron chi connectivity index (χ1n) is 9.05. The minimum atomic E-state index is -0.559. The predicted octanol–water partition coefficient (Wildman–Crippen LogP) is 3.02. The lowest BCUT2D eigenvalue weighted by Gasteiger charge is -2.28. The highest BCUT2D eigenvalue weighted by Crippen LogP contribution is 2.17. The number of carbonyl (C=O) groups excluding carboxylic acids is 2. The van der Waals surface area contributed by atoms with Crippen LogP contribution >= 0.6 is 0 Å². The monoisotopic (exact) mass is 368 g/mol. The van der Waals surface area contributed by atoms with E-state index in [0.717, 1.165) is 22.4 Å². The Morgan fingerprint density at radius 3 is 2.22 bits per heavy atom. The van der Waals surface area contributed by atoms with Gasteiger partial charge in [0.1, 0.15) is 11.8 Å². The van der Waals surface area contributed by atoms with E-state index in [1.807, 2.05) is 56.3 Å². The van der Waals surface area contributed by atoms with E-state index in [0.29, 0.717) is 6.54 Å². The molecule has 2 aromatic carbocycles. The summed E-state index contributed by atoms with van der Waals surface area (Å²) in [5.74, 6) is 0.494. The second kappa shape index (κ2) is 9.21. The molecule has 0 aliphatic carbocycles. The van der Waals surface area contributed by atoms with Crippen LogP contribution in [0.5, 0.6) is 5.75 Å². The van der Waals surface area contributed by atoms with Gasteiger partial charge in [-0.1, -0.05) is 30.3 Å². The number of nitrogens with one attached hydrogen (secondary N) is 1. The second-order valence-electron chi connectivity index (χ2n) is 6.76. The van der Waals surface area contributed by atoms with Gasteiger partial charge in [0, 0.05) is 13.6 Å². The summed E-state index contributed by atoms with van der Waals surface area (Å²) < 4.78 is 5.18. The Hall–Kier alpha value is -2.82. The number of amides is 2. The zero-order chi connectivity index (χ0) is 20.0. The number of rotatable bonds is 7. The Morgan fingerprint density at radius 1 is 1.04 bits per heavy atom. The van der Waals surface area contributed by atoms with Crippen molar-refractivity contribution in [1.29, 1.82) is 0 Å². The van der Waals surface area contributed by atoms with Crippen molar-refractivity contribution in [3.05, 3.63) is 64.7 Å². The van der Waals surface area contributed by atoms with Crippen molar-refractivity contribution in [3.63, 3.8) is 0 Å². The van der Waals surface area contributed by atoms with Gasteiger partial charge in [-0.3, -0.25) is 9.59 Å². The number of methoxy groups -OCH3 is 1. The first-order chi connectivity index (χ1) is 12.8. The SMILES string of the molecule is CNC(=O)[C@H](C)N(Cc1ccc(OC)cc1)C(=O)Cc1ccc(C)c(C)c1. The van der Waals surface area contributed by atoms with Crippen molar-refractivity contribution in [1.82, 2.24) is 10.2 Å². The highest BCUT2D eigenvalue weighted by molar-refractivity contribution is 5.88. The minimum Gasteiger partial charge on any atom is -0.497 e. The Bertz CT molecular complexity index is 800. The van der Waals surface area contributed by atoms with E-state index in [1.54, 1.807) is 26.0 Å². The van der Waals surface area contributed by atoms with Crippen molar-refractivity contribution in [2.45, 2.75) is 39.8 Å². The number of benzene rings is 2. The third kappa shape index (κ3) is 5.33. The molecule has 0 heterocycles. The molecule has 2 rings (SSSR count). The third-order valence-corrected chi connectivity index (χ3v) is 4.85. The van der Waals surface area contributed by atoms with Crippen molar-refractivity contribution in [2.75, 3.05) is 14.2 Å². The highest BCUT2D eigenvalue weighted by atomic mass is 16.5. The van der Waals surface area contributed by atoms with Crippen LogP contribution in [0.15, 0.2) is 42.5 Å². The first-order valence-corrected chi connectivity index (χ1v) is 9.05. The smallest absolute Gasteiger partial charge is 0.242 e. The maximum Gasteiger partial charge on any atom is 0.242 e. The number of likely N-dealkylation sites (N-methyl/N-ethyl adjacent to an activating group) is 1. The number of carbonyl (C=O) groups is 2. The molecule has 5 nitrogen and oxygen atoms in total. The molecule has 2 amide bonds. The first kappa shape index (κ1) is 20.5. The average molecular weight is 368 g/mol. The summed E-state index contributed by atoms with van der Waals surface area (Å²) in [6.45, 7) is 6.19. The fourth-order valence-corrected chi connectivity index (χ4v) is 2.91. The van der Waals surface area contributed by atoms with E-state index in [9.17, 15) is 9.59 Å². The second-order valence-corrected chi connectivity index (χ2v) is 6.76. The van der Waals surface area contributed by atoms with Crippen LogP contribution in [0, 0.1) is 13.8 Å². The molecule has 0 unspecified atom stereocenters. The van der Waals surface area contributed by atoms with E-state index in [2.05, 4.69) is 5.32 Å². The van der Waals surface area contributed by atoms with Gasteiger partial charge in [-0.25, -0.2) is 0 Å². The number of hydrogen-bond acceptors (Lipinski definition) is 3. The lowest BCUT2D eigenvalue weighted by molar-refractivity contribution is -0.139. The molecular weight excluding hydrogens is 340 g/mol. The maximum atomic E-state index is 13.0. The molecule has 0 aliphatic rings. The van der Waals surface area contributed by atoms with E-state index >= 15 is 0 Å². The highest BCUT2D eigenvalue weighted by Gasteiger charge is 2.25. The van der Waals surface area contributed by atoms with Crippen molar-refractivity contribution >= 4 is 11.8 Å². The molecule has 0 saturated carbocycles. The van der Waals surface area contributed by atoms with Gasteiger partial charge in [0.05, 0.1) is 13.5 Å². The van der Waals surface area contributed by atoms with Crippen molar-refractivity contribution < 1.29 is 14.3 Å². The van der Waals surface area contributed by atoms with Gasteiger partial charge in [0.25, 0.3) is 0 Å². The molecule has 144 valence electrons. The average Bonchev–Trinajstić information content (AvgIpc) is 2.68. The maximum absolute atomic E-state index is 13.0. The van der Waals surface area contributed by atoms with Crippen molar-refractivity contribution in [3.8, 4) is 5.75 Å². The van der Waals surface area contributed by atoms with Crippen LogP contribution in [0.25, 0.3) is 0 Å². The number of aryl methyl sites for hydroxylation is 2. The number of nitrogens with zero attached hydrogens (tertiary/aromatic N) is 1. The molecule has 27 heavy (non-hydrogen) atoms. The Morgan fingerprint density at radius 2 is 1.67 bits per heavy atom. The Labute approximate surface area is 161 Å². The van der Waals surface area contributed by atoms with Gasteiger partial charge in [-0.2, -0.15) is 0 Å². The van der Waals surface area contributed by atoms with E-state index < -0.39 is 6.04 Å². The molecule has 0 bridgehead atoms. The van der Waals surface area contributed by atoms with E-state index in [4.69, 9.17) is 4.74 Å². The van der Waals surface area contributed by atoms with Crippen LogP contribution in [-0.4, -0.2) is 36.9 Å². The van der Waals surface area contributed by atoms with Crippen LogP contribution in [0.4, 0.5) is 0 Å². The Kier molecular flexibility index (Phi) is 6.99. The quantitative estimate of drug-likeness (QED) is 0.817. The predicted molar refractivity (Wildman–Crippen MR) is 107 cm³/mol. The van der Waals surface area contributed by atoms with Gasteiger partial charge in [-0.15, -0.1) is 0 Å². The van der Waals surface area contributed by atoms with Crippen LogP contribution in [0.2, 0.25) is 0 Å². The van der Waals surface area contributed by atoms with E-state index in [1.165, 1.54) is 5.56 Å². The number of ether oxygens (including phenoxy) is 1. The molecule has 0 aromatic heterocycles. The van der Waals surface area contributed by atoms with Crippen LogP contribution < -0.4 is 10.1 Å². The summed E-state index contributed by atoms with van der Waals surface area (Å²) in [5.41, 5.74) is 4.24. The number of hydrogen-bond donors (Lipinski definition) is 1. The van der Waals surface area contributed by atoms with Crippen LogP contribution in [0.3, 0.4) is 0 Å². The Balaban J connectivity index is 2.22. The van der Waals surface area contributed by atoms with Crippen molar-refractivity contribution in [2.24, 2.45) is 0 Å². The molecule has 0 fully saturated rings. The molecule has 0 spiro atoms. The van der Waals surface area contributed by atoms with Gasteiger partial charge >= 0.3 is 0 Å². The summed E-state index contributed by atoms with van der Waals surface area (Å²) >= 11 is 0. The zero-order valence-corrected chi connectivity index (χ0v) is 16.7. The summed E-state index contributed by atoms with van der Waals surface area (Å²) in [5, 5.41) is 2.63. The third-order valence-electron chi connectivity index (χ3n) is 4.85. The molecule has 1 N–H and O–H groups in total. The van der Waals surface area contributed by atoms with Crippen LogP contribution in [0.1, 0.15) is 29.2 Å². The summed E-state index contributed by atoms with van der Waals surface area (Å²) in [6, 6.07) is 13.0. The fraction of sp³-hybridized carbons (Fsp3) is 0.364. The largest absolute Gasteiger partial charge is 0.497 e.